The van der Waals surface area contributed by atoms with Gasteiger partial charge in [-0.2, -0.15) is 0 Å². The van der Waals surface area contributed by atoms with Crippen molar-refractivity contribution < 1.29 is 29.6 Å². The Kier molecular flexibility index (Phi) is 12.9. The number of hydrogen-bond acceptors (Lipinski definition) is 6. The summed E-state index contributed by atoms with van der Waals surface area (Å²) in [5.41, 5.74) is 3.14. The van der Waals surface area contributed by atoms with Crippen LogP contribution in [-0.2, 0) is 19.3 Å². The van der Waals surface area contributed by atoms with E-state index in [1.807, 2.05) is 103 Å². The molecule has 2 unspecified atom stereocenters. The van der Waals surface area contributed by atoms with E-state index in [2.05, 4.69) is 15.9 Å². The molecule has 2 atom stereocenters. The second-order valence-corrected chi connectivity index (χ2v) is 9.95. The molecule has 0 amide bonds. The van der Waals surface area contributed by atoms with Crippen molar-refractivity contribution in [1.29, 1.82) is 0 Å². The first-order valence-corrected chi connectivity index (χ1v) is 13.4. The fourth-order valence-electron chi connectivity index (χ4n) is 5.12. The Morgan fingerprint density at radius 2 is 1.20 bits per heavy atom. The number of fused-ring (bicyclic) bond motifs is 1. The number of nitroso groups, excluding NO2 is 3. The van der Waals surface area contributed by atoms with Crippen LogP contribution in [0.25, 0.3) is 10.8 Å². The molecule has 0 spiro atoms. The Hall–Kier alpha value is -3.66. The SMILES string of the molecule is CN(CC(Cc1cccc2ccccc12)N(CC(Cc1ccccc1)N(CCc1ccccc1)N=O)N=O)N=O.[Na+]. The third kappa shape index (κ3) is 9.18. The molecule has 0 aromatic heterocycles. The van der Waals surface area contributed by atoms with Crippen molar-refractivity contribution >= 4 is 10.8 Å². The zero-order chi connectivity index (χ0) is 28.2. The van der Waals surface area contributed by atoms with E-state index in [1.165, 1.54) is 15.0 Å². The third-order valence-corrected chi connectivity index (χ3v) is 7.19. The minimum Gasteiger partial charge on any atom is -0.262 e. The van der Waals surface area contributed by atoms with Gasteiger partial charge in [-0.25, -0.2) is 0 Å². The van der Waals surface area contributed by atoms with Gasteiger partial charge < -0.3 is 0 Å². The Balaban J connectivity index is 0.00000462. The molecular weight excluding hydrogens is 527 g/mol. The van der Waals surface area contributed by atoms with Gasteiger partial charge >= 0.3 is 29.6 Å². The van der Waals surface area contributed by atoms with E-state index in [-0.39, 0.29) is 42.6 Å². The average molecular weight is 562 g/mol. The molecule has 0 fully saturated rings. The summed E-state index contributed by atoms with van der Waals surface area (Å²) in [6, 6.07) is 32.9. The molecule has 4 aromatic rings. The van der Waals surface area contributed by atoms with E-state index in [4.69, 9.17) is 0 Å². The van der Waals surface area contributed by atoms with E-state index >= 15 is 0 Å². The van der Waals surface area contributed by atoms with Gasteiger partial charge in [0.25, 0.3) is 0 Å². The summed E-state index contributed by atoms with van der Waals surface area (Å²) in [5, 5.41) is 16.2. The second-order valence-electron chi connectivity index (χ2n) is 9.95. The van der Waals surface area contributed by atoms with Gasteiger partial charge in [0.2, 0.25) is 0 Å². The summed E-state index contributed by atoms with van der Waals surface area (Å²) in [5.74, 6) is 0. The predicted molar refractivity (Wildman–Crippen MR) is 159 cm³/mol. The Morgan fingerprint density at radius 1 is 0.610 bits per heavy atom. The standard InChI is InChI=1S/C31H34N6O3.Na/c1-35(32-38)23-30(22-28-17-10-16-27-15-8-9-18-31(27)28)37(34-40)24-29(21-26-13-6-3-7-14-26)36(33-39)20-19-25-11-4-2-5-12-25;/h2-18,29-30H,19-24H2,1H3;/q;+1. The topological polar surface area (TPSA) is 98.0 Å². The van der Waals surface area contributed by atoms with Crippen molar-refractivity contribution in [3.05, 3.63) is 135 Å². The van der Waals surface area contributed by atoms with E-state index < -0.39 is 12.1 Å². The first kappa shape index (κ1) is 31.9. The van der Waals surface area contributed by atoms with Crippen LogP contribution in [-0.4, -0.2) is 53.8 Å². The Bertz CT molecular complexity index is 1370. The van der Waals surface area contributed by atoms with Crippen LogP contribution in [0.2, 0.25) is 0 Å². The quantitative estimate of drug-likeness (QED) is 0.118. The summed E-state index contributed by atoms with van der Waals surface area (Å²) in [7, 11) is 1.58. The smallest absolute Gasteiger partial charge is 0.262 e. The zero-order valence-corrected chi connectivity index (χ0v) is 25.6. The monoisotopic (exact) mass is 561 g/mol. The molecule has 0 bridgehead atoms. The molecule has 0 radical (unpaired) electrons. The van der Waals surface area contributed by atoms with E-state index in [1.54, 1.807) is 7.05 Å². The van der Waals surface area contributed by atoms with Gasteiger partial charge in [0.05, 0.1) is 41.0 Å². The number of rotatable bonds is 16. The van der Waals surface area contributed by atoms with Crippen LogP contribution in [0.4, 0.5) is 0 Å². The molecule has 4 aromatic carbocycles. The molecule has 0 heterocycles. The fraction of sp³-hybridized carbons (Fsp3) is 0.290. The Morgan fingerprint density at radius 3 is 1.85 bits per heavy atom. The first-order chi connectivity index (χ1) is 19.6. The third-order valence-electron chi connectivity index (χ3n) is 7.19. The summed E-state index contributed by atoms with van der Waals surface area (Å²) in [4.78, 5) is 35.9. The van der Waals surface area contributed by atoms with E-state index in [0.29, 0.717) is 25.8 Å². The normalized spacial score (nSPS) is 12.0. The van der Waals surface area contributed by atoms with Crippen LogP contribution in [0.5, 0.6) is 0 Å². The molecule has 0 aliphatic carbocycles. The second kappa shape index (κ2) is 16.6. The van der Waals surface area contributed by atoms with Gasteiger partial charge in [-0.05, 0) is 46.7 Å². The summed E-state index contributed by atoms with van der Waals surface area (Å²) >= 11 is 0. The summed E-state index contributed by atoms with van der Waals surface area (Å²) < 4.78 is 0. The average Bonchev–Trinajstić information content (AvgIpc) is 3.00. The minimum absolute atomic E-state index is 0. The summed E-state index contributed by atoms with van der Waals surface area (Å²) in [6.07, 6.45) is 1.59. The first-order valence-electron chi connectivity index (χ1n) is 13.4. The van der Waals surface area contributed by atoms with Gasteiger partial charge in [-0.3, -0.25) is 15.0 Å². The van der Waals surface area contributed by atoms with Gasteiger partial charge in [0.15, 0.2) is 0 Å². The van der Waals surface area contributed by atoms with Gasteiger partial charge in [-0.1, -0.05) is 103 Å². The van der Waals surface area contributed by atoms with Gasteiger partial charge in [-0.15, -0.1) is 14.7 Å². The van der Waals surface area contributed by atoms with Crippen molar-refractivity contribution in [3.8, 4) is 0 Å². The van der Waals surface area contributed by atoms with Crippen molar-refractivity contribution in [2.24, 2.45) is 15.9 Å². The maximum absolute atomic E-state index is 12.4. The largest absolute Gasteiger partial charge is 1.00 e. The molecule has 0 N–H and O–H groups in total. The van der Waals surface area contributed by atoms with Crippen LogP contribution < -0.4 is 29.6 Å². The van der Waals surface area contributed by atoms with E-state index in [0.717, 1.165) is 27.5 Å². The molecule has 0 saturated carbocycles. The Labute approximate surface area is 262 Å². The van der Waals surface area contributed by atoms with Crippen LogP contribution in [0.1, 0.15) is 16.7 Å². The van der Waals surface area contributed by atoms with Crippen LogP contribution in [0, 0.1) is 14.7 Å². The van der Waals surface area contributed by atoms with Crippen molar-refractivity contribution in [2.45, 2.75) is 31.3 Å². The molecule has 0 aliphatic heterocycles. The van der Waals surface area contributed by atoms with Crippen molar-refractivity contribution in [3.63, 3.8) is 0 Å². The minimum atomic E-state index is -0.466. The van der Waals surface area contributed by atoms with Gasteiger partial charge in [0, 0.05) is 13.6 Å². The zero-order valence-electron chi connectivity index (χ0n) is 23.6. The number of nitrogens with zero attached hydrogens (tertiary/aromatic N) is 6. The summed E-state index contributed by atoms with van der Waals surface area (Å²) in [6.45, 7) is 0.734. The number of hydrogen-bond donors (Lipinski definition) is 0. The van der Waals surface area contributed by atoms with Crippen LogP contribution >= 0.6 is 0 Å². The maximum Gasteiger partial charge on any atom is 1.00 e. The molecule has 9 nitrogen and oxygen atoms in total. The number of benzene rings is 4. The van der Waals surface area contributed by atoms with Crippen molar-refractivity contribution in [2.75, 3.05) is 26.7 Å². The molecule has 41 heavy (non-hydrogen) atoms. The molecular formula is C31H34N6NaO3+. The number of likely N-dealkylation sites (N-methyl/N-ethyl adjacent to an activating group) is 1. The molecule has 10 heteroatoms. The predicted octanol–water partition coefficient (Wildman–Crippen LogP) is 3.19. The molecule has 0 saturated heterocycles. The van der Waals surface area contributed by atoms with E-state index in [9.17, 15) is 14.7 Å². The molecule has 4 rings (SSSR count). The van der Waals surface area contributed by atoms with Gasteiger partial charge in [0.1, 0.15) is 0 Å². The van der Waals surface area contributed by atoms with Crippen LogP contribution in [0.3, 0.4) is 0 Å². The van der Waals surface area contributed by atoms with Crippen LogP contribution in [0.15, 0.2) is 119 Å². The fourth-order valence-corrected chi connectivity index (χ4v) is 5.12. The molecule has 206 valence electrons. The molecule has 0 aliphatic rings. The maximum atomic E-state index is 12.4. The van der Waals surface area contributed by atoms with Crippen molar-refractivity contribution in [1.82, 2.24) is 15.0 Å².